The number of carbonyl (C=O) groups is 1. The molecule has 0 saturated carbocycles. The monoisotopic (exact) mass is 441 g/mol. The van der Waals surface area contributed by atoms with E-state index in [1.807, 2.05) is 24.6 Å². The third-order valence-electron chi connectivity index (χ3n) is 6.88. The summed E-state index contributed by atoms with van der Waals surface area (Å²) >= 11 is 1.81. The van der Waals surface area contributed by atoms with E-state index in [0.29, 0.717) is 11.9 Å². The molecular formula is C23H31N5O2S. The van der Waals surface area contributed by atoms with Crippen LogP contribution >= 0.6 is 11.8 Å². The number of aromatic nitrogens is 1. The molecule has 2 saturated heterocycles. The molecule has 7 nitrogen and oxygen atoms in total. The van der Waals surface area contributed by atoms with Crippen LogP contribution in [0.25, 0.3) is 0 Å². The van der Waals surface area contributed by atoms with Crippen LogP contribution in [0.5, 0.6) is 0 Å². The molecule has 8 heteroatoms. The number of pyridine rings is 1. The Bertz CT molecular complexity index is 876. The van der Waals surface area contributed by atoms with Gasteiger partial charge in [0.25, 0.3) is 0 Å². The standard InChI is InChI=1S/C23H31N5O2S/c1-31-23-25-20-3-2-9-24-21(20)28(23)19-6-12-27(13-7-19)22(29)18-4-10-26(11-5-18)15-17-8-14-30-16-17/h2-3,8-9,14,16,18-19,23,25H,4-7,10-13,15H2,1H3. The van der Waals surface area contributed by atoms with Crippen LogP contribution in [-0.2, 0) is 11.3 Å². The number of likely N-dealkylation sites (tertiary alicyclic amines) is 2. The highest BCUT2D eigenvalue weighted by Gasteiger charge is 2.38. The maximum Gasteiger partial charge on any atom is 0.225 e. The zero-order chi connectivity index (χ0) is 21.2. The summed E-state index contributed by atoms with van der Waals surface area (Å²) < 4.78 is 5.17. The number of furan rings is 1. The zero-order valence-corrected chi connectivity index (χ0v) is 18.9. The smallest absolute Gasteiger partial charge is 0.225 e. The number of rotatable bonds is 5. The first-order valence-electron chi connectivity index (χ1n) is 11.3. The first-order chi connectivity index (χ1) is 15.2. The van der Waals surface area contributed by atoms with Crippen LogP contribution in [0.3, 0.4) is 0 Å². The molecular weight excluding hydrogens is 410 g/mol. The lowest BCUT2D eigenvalue weighted by molar-refractivity contribution is -0.138. The Kier molecular flexibility index (Phi) is 6.09. The number of thioether (sulfide) groups is 1. The molecule has 1 unspecified atom stereocenters. The molecule has 2 aromatic heterocycles. The summed E-state index contributed by atoms with van der Waals surface area (Å²) in [6.45, 7) is 4.57. The number of carbonyl (C=O) groups excluding carboxylic acids is 1. The summed E-state index contributed by atoms with van der Waals surface area (Å²) in [5.74, 6) is 1.59. The first kappa shape index (κ1) is 20.7. The largest absolute Gasteiger partial charge is 0.472 e. The van der Waals surface area contributed by atoms with Crippen molar-refractivity contribution in [1.82, 2.24) is 14.8 Å². The van der Waals surface area contributed by atoms with Crippen LogP contribution in [0, 0.1) is 5.92 Å². The number of piperidine rings is 2. The molecule has 0 aliphatic carbocycles. The van der Waals surface area contributed by atoms with Gasteiger partial charge in [-0.05, 0) is 63.2 Å². The molecule has 1 atom stereocenters. The van der Waals surface area contributed by atoms with E-state index in [4.69, 9.17) is 4.42 Å². The highest BCUT2D eigenvalue weighted by molar-refractivity contribution is 7.99. The maximum atomic E-state index is 13.2. The van der Waals surface area contributed by atoms with Crippen molar-refractivity contribution in [3.63, 3.8) is 0 Å². The van der Waals surface area contributed by atoms with Gasteiger partial charge >= 0.3 is 0 Å². The Morgan fingerprint density at radius 2 is 2.00 bits per heavy atom. The van der Waals surface area contributed by atoms with E-state index < -0.39 is 0 Å². The second kappa shape index (κ2) is 9.12. The van der Waals surface area contributed by atoms with Crippen LogP contribution < -0.4 is 10.2 Å². The predicted octanol–water partition coefficient (Wildman–Crippen LogP) is 3.46. The lowest BCUT2D eigenvalue weighted by atomic mass is 9.93. The molecule has 2 aromatic rings. The van der Waals surface area contributed by atoms with Gasteiger partial charge in [-0.1, -0.05) is 0 Å². The third-order valence-corrected chi connectivity index (χ3v) is 7.67. The predicted molar refractivity (Wildman–Crippen MR) is 124 cm³/mol. The summed E-state index contributed by atoms with van der Waals surface area (Å²) in [5, 5.41) is 3.57. The number of nitrogens with one attached hydrogen (secondary N) is 1. The van der Waals surface area contributed by atoms with Crippen molar-refractivity contribution in [3.8, 4) is 0 Å². The Labute approximate surface area is 188 Å². The first-order valence-corrected chi connectivity index (χ1v) is 12.6. The normalized spacial score (nSPS) is 23.1. The minimum Gasteiger partial charge on any atom is -0.472 e. The van der Waals surface area contributed by atoms with Gasteiger partial charge in [0.05, 0.1) is 18.2 Å². The molecule has 5 heterocycles. The number of hydrogen-bond acceptors (Lipinski definition) is 7. The van der Waals surface area contributed by atoms with Crippen molar-refractivity contribution in [2.45, 2.75) is 43.8 Å². The topological polar surface area (TPSA) is 64.9 Å². The van der Waals surface area contributed by atoms with Crippen molar-refractivity contribution in [2.75, 3.05) is 42.7 Å². The number of nitrogens with zero attached hydrogens (tertiary/aromatic N) is 4. The van der Waals surface area contributed by atoms with Gasteiger partial charge in [-0.3, -0.25) is 9.69 Å². The van der Waals surface area contributed by atoms with Gasteiger partial charge in [-0.2, -0.15) is 0 Å². The van der Waals surface area contributed by atoms with Gasteiger partial charge in [0.1, 0.15) is 5.50 Å². The fraction of sp³-hybridized carbons (Fsp3) is 0.565. The van der Waals surface area contributed by atoms with Gasteiger partial charge in [-0.15, -0.1) is 11.8 Å². The molecule has 166 valence electrons. The Morgan fingerprint density at radius 1 is 1.19 bits per heavy atom. The van der Waals surface area contributed by atoms with Crippen molar-refractivity contribution in [3.05, 3.63) is 42.5 Å². The van der Waals surface area contributed by atoms with Crippen LogP contribution in [0.4, 0.5) is 11.5 Å². The fourth-order valence-corrected chi connectivity index (χ4v) is 5.91. The molecule has 0 radical (unpaired) electrons. The fourth-order valence-electron chi connectivity index (χ4n) is 5.17. The number of hydrogen-bond donors (Lipinski definition) is 1. The molecule has 31 heavy (non-hydrogen) atoms. The average molecular weight is 442 g/mol. The van der Waals surface area contributed by atoms with E-state index in [2.05, 4.69) is 37.3 Å². The molecule has 3 aliphatic rings. The lowest BCUT2D eigenvalue weighted by Gasteiger charge is -2.41. The molecule has 1 N–H and O–H groups in total. The number of amides is 1. The summed E-state index contributed by atoms with van der Waals surface area (Å²) in [7, 11) is 0. The lowest BCUT2D eigenvalue weighted by Crippen LogP contribution is -2.51. The molecule has 5 rings (SSSR count). The van der Waals surface area contributed by atoms with E-state index in [0.717, 1.165) is 69.9 Å². The van der Waals surface area contributed by atoms with Crippen LogP contribution in [0.15, 0.2) is 41.3 Å². The van der Waals surface area contributed by atoms with E-state index >= 15 is 0 Å². The van der Waals surface area contributed by atoms with Gasteiger partial charge in [-0.25, -0.2) is 4.98 Å². The van der Waals surface area contributed by atoms with Crippen LogP contribution in [0.1, 0.15) is 31.2 Å². The Balaban J connectivity index is 1.14. The second-order valence-corrected chi connectivity index (χ2v) is 9.67. The minimum atomic E-state index is 0.173. The molecule has 0 spiro atoms. The Morgan fingerprint density at radius 3 is 2.71 bits per heavy atom. The van der Waals surface area contributed by atoms with Gasteiger partial charge in [0.2, 0.25) is 5.91 Å². The van der Waals surface area contributed by atoms with Crippen molar-refractivity contribution in [2.24, 2.45) is 5.92 Å². The Hall–Kier alpha value is -2.19. The third kappa shape index (κ3) is 4.28. The number of fused-ring (bicyclic) bond motifs is 1. The molecule has 0 bridgehead atoms. The van der Waals surface area contributed by atoms with E-state index in [9.17, 15) is 4.79 Å². The van der Waals surface area contributed by atoms with Crippen molar-refractivity contribution < 1.29 is 9.21 Å². The van der Waals surface area contributed by atoms with Gasteiger partial charge in [0, 0.05) is 43.4 Å². The van der Waals surface area contributed by atoms with E-state index in [-0.39, 0.29) is 11.4 Å². The number of anilines is 2. The van der Waals surface area contributed by atoms with E-state index in [1.54, 1.807) is 18.0 Å². The molecule has 3 aliphatic heterocycles. The average Bonchev–Trinajstić information content (AvgIpc) is 3.46. The summed E-state index contributed by atoms with van der Waals surface area (Å²) in [6.07, 6.45) is 11.5. The summed E-state index contributed by atoms with van der Waals surface area (Å²) in [5.41, 5.74) is 2.54. The minimum absolute atomic E-state index is 0.173. The van der Waals surface area contributed by atoms with Crippen LogP contribution in [0.2, 0.25) is 0 Å². The maximum absolute atomic E-state index is 13.2. The van der Waals surface area contributed by atoms with Gasteiger partial charge < -0.3 is 19.5 Å². The molecule has 1 amide bonds. The molecule has 0 aromatic carbocycles. The zero-order valence-electron chi connectivity index (χ0n) is 18.1. The highest BCUT2D eigenvalue weighted by atomic mass is 32.2. The SMILES string of the molecule is CSC1Nc2cccnc2N1C1CCN(C(=O)C2CCN(Cc3ccoc3)CC2)CC1. The van der Waals surface area contributed by atoms with E-state index in [1.165, 1.54) is 5.56 Å². The van der Waals surface area contributed by atoms with Crippen molar-refractivity contribution >= 4 is 29.2 Å². The van der Waals surface area contributed by atoms with Gasteiger partial charge in [0.15, 0.2) is 5.82 Å². The summed E-state index contributed by atoms with van der Waals surface area (Å²) in [6, 6.07) is 6.52. The highest BCUT2D eigenvalue weighted by Crippen LogP contribution is 2.39. The second-order valence-electron chi connectivity index (χ2n) is 8.75. The molecule has 2 fully saturated rings. The van der Waals surface area contributed by atoms with Crippen molar-refractivity contribution in [1.29, 1.82) is 0 Å². The quantitative estimate of drug-likeness (QED) is 0.762. The van der Waals surface area contributed by atoms with Crippen LogP contribution in [-0.4, -0.2) is 64.7 Å². The summed E-state index contributed by atoms with van der Waals surface area (Å²) in [4.78, 5) is 24.8.